The molecule has 1 aromatic heterocycles. The van der Waals surface area contributed by atoms with Crippen molar-refractivity contribution in [2.45, 2.75) is 25.8 Å². The summed E-state index contributed by atoms with van der Waals surface area (Å²) >= 11 is 1.80. The largest absolute Gasteiger partial charge is 0.497 e. The first-order valence-corrected chi connectivity index (χ1v) is 9.21. The van der Waals surface area contributed by atoms with Gasteiger partial charge in [0.15, 0.2) is 5.96 Å². The Labute approximate surface area is 148 Å². The summed E-state index contributed by atoms with van der Waals surface area (Å²) in [5.74, 6) is 2.47. The topological polar surface area (TPSA) is 36.9 Å². The molecule has 5 heteroatoms. The Kier molecular flexibility index (Phi) is 5.41. The summed E-state index contributed by atoms with van der Waals surface area (Å²) in [7, 11) is 3.57. The fourth-order valence-corrected chi connectivity index (χ4v) is 4.02. The first-order valence-electron chi connectivity index (χ1n) is 8.33. The molecule has 1 aliphatic heterocycles. The zero-order valence-corrected chi connectivity index (χ0v) is 15.4. The summed E-state index contributed by atoms with van der Waals surface area (Å²) in [5.41, 5.74) is 2.73. The van der Waals surface area contributed by atoms with Gasteiger partial charge in [-0.1, -0.05) is 12.1 Å². The van der Waals surface area contributed by atoms with E-state index in [1.165, 1.54) is 16.0 Å². The maximum Gasteiger partial charge on any atom is 0.193 e. The molecule has 1 aromatic carbocycles. The van der Waals surface area contributed by atoms with E-state index in [4.69, 9.17) is 4.74 Å². The zero-order valence-electron chi connectivity index (χ0n) is 14.6. The fourth-order valence-electron chi connectivity index (χ4n) is 3.18. The van der Waals surface area contributed by atoms with Crippen LogP contribution in [0.1, 0.15) is 28.3 Å². The minimum atomic E-state index is 0.554. The van der Waals surface area contributed by atoms with Crippen molar-refractivity contribution in [3.8, 4) is 5.75 Å². The summed E-state index contributed by atoms with van der Waals surface area (Å²) < 4.78 is 5.25. The first kappa shape index (κ1) is 16.8. The van der Waals surface area contributed by atoms with Crippen molar-refractivity contribution in [2.24, 2.45) is 4.99 Å². The van der Waals surface area contributed by atoms with E-state index >= 15 is 0 Å². The molecule has 128 valence electrons. The second-order valence-corrected chi connectivity index (χ2v) is 7.13. The molecule has 24 heavy (non-hydrogen) atoms. The van der Waals surface area contributed by atoms with E-state index in [0.29, 0.717) is 5.92 Å². The van der Waals surface area contributed by atoms with E-state index in [2.05, 4.69) is 45.7 Å². The number of nitrogens with one attached hydrogen (secondary N) is 1. The summed E-state index contributed by atoms with van der Waals surface area (Å²) in [6.07, 6.45) is 1.16. The highest BCUT2D eigenvalue weighted by molar-refractivity contribution is 7.10. The average Bonchev–Trinajstić information content (AvgIpc) is 3.25. The number of nitrogens with zero attached hydrogens (tertiary/aromatic N) is 2. The molecular formula is C19H25N3OS. The number of rotatable bonds is 4. The lowest BCUT2D eigenvalue weighted by atomic mass is 9.98. The van der Waals surface area contributed by atoms with Crippen LogP contribution in [0.2, 0.25) is 0 Å². The van der Waals surface area contributed by atoms with Gasteiger partial charge in [0.1, 0.15) is 5.75 Å². The summed E-state index contributed by atoms with van der Waals surface area (Å²) in [6.45, 7) is 5.06. The number of benzene rings is 1. The van der Waals surface area contributed by atoms with Crippen molar-refractivity contribution >= 4 is 17.3 Å². The van der Waals surface area contributed by atoms with Gasteiger partial charge >= 0.3 is 0 Å². The minimum Gasteiger partial charge on any atom is -0.497 e. The van der Waals surface area contributed by atoms with E-state index in [0.717, 1.165) is 37.8 Å². The molecule has 1 aliphatic rings. The van der Waals surface area contributed by atoms with Gasteiger partial charge < -0.3 is 15.0 Å². The molecule has 2 heterocycles. The van der Waals surface area contributed by atoms with E-state index in [-0.39, 0.29) is 0 Å². The SMILES string of the molecule is CN=C(NCc1sccc1C)N1CCC(c2ccc(OC)cc2)C1. The molecule has 2 aromatic rings. The molecule has 0 radical (unpaired) electrons. The smallest absolute Gasteiger partial charge is 0.193 e. The van der Waals surface area contributed by atoms with Crippen LogP contribution in [0.3, 0.4) is 0 Å². The van der Waals surface area contributed by atoms with E-state index < -0.39 is 0 Å². The molecule has 1 unspecified atom stereocenters. The van der Waals surface area contributed by atoms with Gasteiger partial charge in [-0.3, -0.25) is 4.99 Å². The van der Waals surface area contributed by atoms with E-state index in [9.17, 15) is 0 Å². The van der Waals surface area contributed by atoms with Crippen molar-refractivity contribution in [3.05, 3.63) is 51.7 Å². The molecule has 1 N–H and O–H groups in total. The maximum absolute atomic E-state index is 5.25. The van der Waals surface area contributed by atoms with Crippen LogP contribution in [0, 0.1) is 6.92 Å². The lowest BCUT2D eigenvalue weighted by Crippen LogP contribution is -2.39. The summed E-state index contributed by atoms with van der Waals surface area (Å²) in [5, 5.41) is 5.65. The van der Waals surface area contributed by atoms with E-state index in [1.807, 2.05) is 19.2 Å². The quantitative estimate of drug-likeness (QED) is 0.680. The van der Waals surface area contributed by atoms with E-state index in [1.54, 1.807) is 18.4 Å². The van der Waals surface area contributed by atoms with Crippen molar-refractivity contribution in [1.82, 2.24) is 10.2 Å². The third-order valence-corrected chi connectivity index (χ3v) is 5.69. The highest BCUT2D eigenvalue weighted by atomic mass is 32.1. The predicted octanol–water partition coefficient (Wildman–Crippen LogP) is 3.63. The van der Waals surface area contributed by atoms with Crippen molar-refractivity contribution in [3.63, 3.8) is 0 Å². The molecule has 0 aliphatic carbocycles. The maximum atomic E-state index is 5.25. The van der Waals surface area contributed by atoms with Crippen LogP contribution in [0.4, 0.5) is 0 Å². The summed E-state index contributed by atoms with van der Waals surface area (Å²) in [6, 6.07) is 10.6. The first-order chi connectivity index (χ1) is 11.7. The summed E-state index contributed by atoms with van der Waals surface area (Å²) in [4.78, 5) is 8.21. The number of aliphatic imine (C=N–C) groups is 1. The molecular weight excluding hydrogens is 318 g/mol. The predicted molar refractivity (Wildman–Crippen MR) is 101 cm³/mol. The Morgan fingerprint density at radius 3 is 2.75 bits per heavy atom. The number of ether oxygens (including phenoxy) is 1. The normalized spacial score (nSPS) is 18.0. The third-order valence-electron chi connectivity index (χ3n) is 4.66. The van der Waals surface area contributed by atoms with Crippen LogP contribution >= 0.6 is 11.3 Å². The van der Waals surface area contributed by atoms with Gasteiger partial charge in [-0.05, 0) is 48.1 Å². The fraction of sp³-hybridized carbons (Fsp3) is 0.421. The van der Waals surface area contributed by atoms with Crippen LogP contribution < -0.4 is 10.1 Å². The Hall–Kier alpha value is -2.01. The highest BCUT2D eigenvalue weighted by Crippen LogP contribution is 2.28. The lowest BCUT2D eigenvalue weighted by Gasteiger charge is -2.21. The van der Waals surface area contributed by atoms with Gasteiger partial charge in [-0.15, -0.1) is 11.3 Å². The Morgan fingerprint density at radius 2 is 2.12 bits per heavy atom. The number of methoxy groups -OCH3 is 1. The average molecular weight is 343 g/mol. The van der Waals surface area contributed by atoms with Gasteiger partial charge in [0.25, 0.3) is 0 Å². The number of thiophene rings is 1. The van der Waals surface area contributed by atoms with Gasteiger partial charge in [-0.25, -0.2) is 0 Å². The number of hydrogen-bond acceptors (Lipinski definition) is 3. The second kappa shape index (κ2) is 7.71. The molecule has 0 spiro atoms. The highest BCUT2D eigenvalue weighted by Gasteiger charge is 2.26. The molecule has 1 fully saturated rings. The van der Waals surface area contributed by atoms with Gasteiger partial charge in [-0.2, -0.15) is 0 Å². The van der Waals surface area contributed by atoms with Crippen molar-refractivity contribution in [2.75, 3.05) is 27.2 Å². The Bertz CT molecular complexity index is 693. The molecule has 1 atom stereocenters. The van der Waals surface area contributed by atoms with Crippen LogP contribution in [0.5, 0.6) is 5.75 Å². The van der Waals surface area contributed by atoms with Crippen LogP contribution in [0.15, 0.2) is 40.7 Å². The molecule has 0 bridgehead atoms. The minimum absolute atomic E-state index is 0.554. The number of guanidine groups is 1. The lowest BCUT2D eigenvalue weighted by molar-refractivity contribution is 0.414. The number of aryl methyl sites for hydroxylation is 1. The van der Waals surface area contributed by atoms with Crippen LogP contribution in [0.25, 0.3) is 0 Å². The number of likely N-dealkylation sites (tertiary alicyclic amines) is 1. The second-order valence-electron chi connectivity index (χ2n) is 6.13. The number of hydrogen-bond donors (Lipinski definition) is 1. The molecule has 4 nitrogen and oxygen atoms in total. The van der Waals surface area contributed by atoms with Gasteiger partial charge in [0.2, 0.25) is 0 Å². The standard InChI is InChI=1S/C19H25N3OS/c1-14-9-11-24-18(14)12-21-19(20-2)22-10-8-16(13-22)15-4-6-17(23-3)7-5-15/h4-7,9,11,16H,8,10,12-13H2,1-3H3,(H,20,21). The van der Waals surface area contributed by atoms with Crippen molar-refractivity contribution in [1.29, 1.82) is 0 Å². The molecule has 0 amide bonds. The van der Waals surface area contributed by atoms with Gasteiger partial charge in [0, 0.05) is 30.9 Å². The molecule has 1 saturated heterocycles. The molecule has 0 saturated carbocycles. The van der Waals surface area contributed by atoms with Crippen LogP contribution in [-0.4, -0.2) is 38.1 Å². The molecule has 3 rings (SSSR count). The monoisotopic (exact) mass is 343 g/mol. The Morgan fingerprint density at radius 1 is 1.33 bits per heavy atom. The zero-order chi connectivity index (χ0) is 16.9. The van der Waals surface area contributed by atoms with Crippen molar-refractivity contribution < 1.29 is 4.74 Å². The van der Waals surface area contributed by atoms with Crippen LogP contribution in [-0.2, 0) is 6.54 Å². The third kappa shape index (κ3) is 3.73. The Balaban J connectivity index is 1.59. The van der Waals surface area contributed by atoms with Gasteiger partial charge in [0.05, 0.1) is 13.7 Å².